The molecule has 34 heavy (non-hydrogen) atoms. The van der Waals surface area contributed by atoms with Gasteiger partial charge in [0.2, 0.25) is 5.91 Å². The molecule has 6 nitrogen and oxygen atoms in total. The highest BCUT2D eigenvalue weighted by molar-refractivity contribution is 8.00. The van der Waals surface area contributed by atoms with Crippen LogP contribution in [0.1, 0.15) is 29.8 Å². The molecule has 1 unspecified atom stereocenters. The normalized spacial score (nSPS) is 11.7. The minimum atomic E-state index is -0.440. The molecule has 1 amide bonds. The SMILES string of the molecule is CC(=O)c1ccc(NC(=O)C(C)Sc2nnc(-c3ccccc3Cl)n2Cc2ccccc2)cc1. The number of Topliss-reactive ketones (excluding diaryl/α,β-unsaturated/α-hetero) is 1. The molecule has 0 spiro atoms. The molecule has 4 aromatic rings. The third kappa shape index (κ3) is 5.55. The van der Waals surface area contributed by atoms with Crippen LogP contribution in [0.5, 0.6) is 0 Å². The van der Waals surface area contributed by atoms with E-state index < -0.39 is 5.25 Å². The molecule has 172 valence electrons. The summed E-state index contributed by atoms with van der Waals surface area (Å²) < 4.78 is 1.98. The van der Waals surface area contributed by atoms with Gasteiger partial charge in [0.1, 0.15) is 0 Å². The maximum absolute atomic E-state index is 12.9. The van der Waals surface area contributed by atoms with Crippen LogP contribution in [-0.4, -0.2) is 31.7 Å². The van der Waals surface area contributed by atoms with Crippen molar-refractivity contribution in [3.8, 4) is 11.4 Å². The van der Waals surface area contributed by atoms with Gasteiger partial charge in [-0.1, -0.05) is 65.8 Å². The Kier molecular flexibility index (Phi) is 7.45. The van der Waals surface area contributed by atoms with Crippen molar-refractivity contribution in [2.24, 2.45) is 0 Å². The largest absolute Gasteiger partial charge is 0.325 e. The number of halogens is 1. The summed E-state index contributed by atoms with van der Waals surface area (Å²) in [5.41, 5.74) is 3.09. The molecule has 0 fully saturated rings. The minimum absolute atomic E-state index is 0.0196. The number of rotatable bonds is 8. The fourth-order valence-electron chi connectivity index (χ4n) is 3.37. The monoisotopic (exact) mass is 490 g/mol. The van der Waals surface area contributed by atoms with Gasteiger partial charge in [0, 0.05) is 16.8 Å². The van der Waals surface area contributed by atoms with Gasteiger partial charge < -0.3 is 5.32 Å². The number of nitrogens with one attached hydrogen (secondary N) is 1. The summed E-state index contributed by atoms with van der Waals surface area (Å²) >= 11 is 7.77. The van der Waals surface area contributed by atoms with E-state index in [1.807, 2.05) is 66.1 Å². The molecule has 1 heterocycles. The zero-order valence-electron chi connectivity index (χ0n) is 18.7. The van der Waals surface area contributed by atoms with Crippen LogP contribution in [0.2, 0.25) is 5.02 Å². The first-order valence-corrected chi connectivity index (χ1v) is 12.0. The lowest BCUT2D eigenvalue weighted by atomic mass is 10.1. The smallest absolute Gasteiger partial charge is 0.237 e. The predicted octanol–water partition coefficient (Wildman–Crippen LogP) is 5.97. The van der Waals surface area contributed by atoms with Gasteiger partial charge in [0.25, 0.3) is 0 Å². The molecule has 0 aliphatic carbocycles. The van der Waals surface area contributed by atoms with Gasteiger partial charge in [-0.05, 0) is 55.8 Å². The number of carbonyl (C=O) groups excluding carboxylic acids is 2. The molecule has 1 aromatic heterocycles. The summed E-state index contributed by atoms with van der Waals surface area (Å²) in [6.07, 6.45) is 0. The van der Waals surface area contributed by atoms with Crippen molar-refractivity contribution in [2.75, 3.05) is 5.32 Å². The van der Waals surface area contributed by atoms with Gasteiger partial charge in [0.15, 0.2) is 16.8 Å². The van der Waals surface area contributed by atoms with Crippen LogP contribution in [-0.2, 0) is 11.3 Å². The molecule has 4 rings (SSSR count). The fraction of sp³-hybridized carbons (Fsp3) is 0.154. The van der Waals surface area contributed by atoms with E-state index in [2.05, 4.69) is 15.5 Å². The maximum Gasteiger partial charge on any atom is 0.237 e. The van der Waals surface area contributed by atoms with Crippen molar-refractivity contribution in [1.29, 1.82) is 0 Å². The van der Waals surface area contributed by atoms with Crippen LogP contribution < -0.4 is 5.32 Å². The van der Waals surface area contributed by atoms with E-state index in [0.717, 1.165) is 11.1 Å². The Hall–Kier alpha value is -3.42. The number of carbonyl (C=O) groups is 2. The number of benzene rings is 3. The molecule has 0 aliphatic heterocycles. The maximum atomic E-state index is 12.9. The molecule has 3 aromatic carbocycles. The molecule has 0 aliphatic rings. The van der Waals surface area contributed by atoms with Crippen LogP contribution in [0.3, 0.4) is 0 Å². The van der Waals surface area contributed by atoms with Gasteiger partial charge >= 0.3 is 0 Å². The molecule has 0 bridgehead atoms. The number of amides is 1. The minimum Gasteiger partial charge on any atom is -0.325 e. The third-order valence-electron chi connectivity index (χ3n) is 5.23. The Bertz CT molecular complexity index is 1310. The van der Waals surface area contributed by atoms with Crippen molar-refractivity contribution in [2.45, 2.75) is 30.8 Å². The van der Waals surface area contributed by atoms with Gasteiger partial charge in [-0.2, -0.15) is 0 Å². The van der Waals surface area contributed by atoms with E-state index >= 15 is 0 Å². The summed E-state index contributed by atoms with van der Waals surface area (Å²) in [4.78, 5) is 24.3. The number of anilines is 1. The topological polar surface area (TPSA) is 76.9 Å². The Morgan fingerprint density at radius 3 is 2.32 bits per heavy atom. The van der Waals surface area contributed by atoms with Gasteiger partial charge in [0.05, 0.1) is 16.8 Å². The first kappa shape index (κ1) is 23.7. The highest BCUT2D eigenvalue weighted by atomic mass is 35.5. The molecular formula is C26H23ClN4O2S. The van der Waals surface area contributed by atoms with Crippen LogP contribution in [0.4, 0.5) is 5.69 Å². The van der Waals surface area contributed by atoms with Crippen LogP contribution in [0.15, 0.2) is 84.0 Å². The van der Waals surface area contributed by atoms with E-state index in [1.165, 1.54) is 18.7 Å². The molecule has 0 saturated carbocycles. The average molecular weight is 491 g/mol. The number of thioether (sulfide) groups is 1. The Morgan fingerprint density at radius 2 is 1.65 bits per heavy atom. The molecule has 0 saturated heterocycles. The van der Waals surface area contributed by atoms with E-state index in [9.17, 15) is 9.59 Å². The lowest BCUT2D eigenvalue weighted by Gasteiger charge is -2.14. The average Bonchev–Trinajstić information content (AvgIpc) is 3.22. The Morgan fingerprint density at radius 1 is 0.971 bits per heavy atom. The molecule has 1 N–H and O–H groups in total. The second kappa shape index (κ2) is 10.7. The molecular weight excluding hydrogens is 468 g/mol. The van der Waals surface area contributed by atoms with Crippen molar-refractivity contribution in [3.63, 3.8) is 0 Å². The molecule has 0 radical (unpaired) electrons. The summed E-state index contributed by atoms with van der Waals surface area (Å²) in [7, 11) is 0. The predicted molar refractivity (Wildman–Crippen MR) is 136 cm³/mol. The summed E-state index contributed by atoms with van der Waals surface area (Å²) in [5.74, 6) is 0.451. The zero-order valence-corrected chi connectivity index (χ0v) is 20.3. The number of ketones is 1. The van der Waals surface area contributed by atoms with Gasteiger partial charge in [-0.15, -0.1) is 10.2 Å². The Labute approximate surface area is 207 Å². The lowest BCUT2D eigenvalue weighted by molar-refractivity contribution is -0.115. The van der Waals surface area contributed by atoms with Crippen LogP contribution in [0.25, 0.3) is 11.4 Å². The zero-order chi connectivity index (χ0) is 24.1. The van der Waals surface area contributed by atoms with E-state index in [4.69, 9.17) is 11.6 Å². The van der Waals surface area contributed by atoms with Crippen molar-refractivity contribution < 1.29 is 9.59 Å². The highest BCUT2D eigenvalue weighted by Crippen LogP contribution is 2.31. The fourth-order valence-corrected chi connectivity index (χ4v) is 4.44. The van der Waals surface area contributed by atoms with Crippen molar-refractivity contribution in [1.82, 2.24) is 14.8 Å². The Balaban J connectivity index is 1.57. The quantitative estimate of drug-likeness (QED) is 0.243. The summed E-state index contributed by atoms with van der Waals surface area (Å²) in [6, 6.07) is 24.3. The number of hydrogen-bond donors (Lipinski definition) is 1. The standard InChI is InChI=1S/C26H23ClN4O2S/c1-17(32)20-12-14-21(15-13-20)28-25(33)18(2)34-26-30-29-24(22-10-6-7-11-23(22)27)31(26)16-19-8-4-3-5-9-19/h3-15,18H,16H2,1-2H3,(H,28,33). The lowest BCUT2D eigenvalue weighted by Crippen LogP contribution is -2.23. The number of aromatic nitrogens is 3. The van der Waals surface area contributed by atoms with Crippen LogP contribution >= 0.6 is 23.4 Å². The van der Waals surface area contributed by atoms with Crippen molar-refractivity contribution >= 4 is 40.7 Å². The summed E-state index contributed by atoms with van der Waals surface area (Å²) in [6.45, 7) is 3.87. The molecule has 1 atom stereocenters. The first-order valence-electron chi connectivity index (χ1n) is 10.7. The van der Waals surface area contributed by atoms with E-state index in [0.29, 0.717) is 33.8 Å². The van der Waals surface area contributed by atoms with Gasteiger partial charge in [-0.25, -0.2) is 0 Å². The second-order valence-electron chi connectivity index (χ2n) is 7.74. The summed E-state index contributed by atoms with van der Waals surface area (Å²) in [5, 5.41) is 12.5. The third-order valence-corrected chi connectivity index (χ3v) is 6.64. The second-order valence-corrected chi connectivity index (χ2v) is 9.46. The van der Waals surface area contributed by atoms with E-state index in [-0.39, 0.29) is 11.7 Å². The van der Waals surface area contributed by atoms with E-state index in [1.54, 1.807) is 24.3 Å². The van der Waals surface area contributed by atoms with Gasteiger partial charge in [-0.3, -0.25) is 14.2 Å². The van der Waals surface area contributed by atoms with Crippen LogP contribution in [0, 0.1) is 0 Å². The van der Waals surface area contributed by atoms with Crippen molar-refractivity contribution in [3.05, 3.63) is 95.0 Å². The molecule has 8 heteroatoms. The first-order chi connectivity index (χ1) is 16.4. The number of hydrogen-bond acceptors (Lipinski definition) is 5. The highest BCUT2D eigenvalue weighted by Gasteiger charge is 2.22. The number of nitrogens with zero attached hydrogens (tertiary/aromatic N) is 3.